The number of rotatable bonds is 5. The molecule has 4 rings (SSSR count). The maximum absolute atomic E-state index is 13.0. The molecule has 2 aromatic rings. The van der Waals surface area contributed by atoms with Gasteiger partial charge in [0.2, 0.25) is 0 Å². The van der Waals surface area contributed by atoms with Crippen LogP contribution in [-0.2, 0) is 16.2 Å². The molecule has 1 N–H and O–H groups in total. The monoisotopic (exact) mass is 407 g/mol. The molecule has 0 bridgehead atoms. The number of amides is 1. The van der Waals surface area contributed by atoms with E-state index in [1.54, 1.807) is 49.4 Å². The second-order valence-corrected chi connectivity index (χ2v) is 6.65. The van der Waals surface area contributed by atoms with Crippen molar-refractivity contribution in [1.29, 1.82) is 5.41 Å². The van der Waals surface area contributed by atoms with E-state index in [9.17, 15) is 9.18 Å². The lowest BCUT2D eigenvalue weighted by Crippen LogP contribution is -2.38. The fourth-order valence-electron chi connectivity index (χ4n) is 3.00. The summed E-state index contributed by atoms with van der Waals surface area (Å²) >= 11 is 0. The Bertz CT molecular complexity index is 1120. The molecule has 7 nitrogen and oxygen atoms in total. The Labute approximate surface area is 172 Å². The Kier molecular flexibility index (Phi) is 5.05. The summed E-state index contributed by atoms with van der Waals surface area (Å²) in [5, 5.41) is 9.48. The number of allylic oxidation sites excluding steroid dienone is 1. The van der Waals surface area contributed by atoms with E-state index in [0.717, 1.165) is 5.56 Å². The first-order valence-electron chi connectivity index (χ1n) is 9.10. The summed E-state index contributed by atoms with van der Waals surface area (Å²) in [5.41, 5.74) is 1.55. The van der Waals surface area contributed by atoms with Gasteiger partial charge in [0, 0.05) is 6.08 Å². The van der Waals surface area contributed by atoms with E-state index in [-0.39, 0.29) is 23.8 Å². The summed E-state index contributed by atoms with van der Waals surface area (Å²) in [4.78, 5) is 21.8. The SMILES string of the molecule is COc1cc(/C=C2\C(=N)N3OC(C)=CC3=NC2=O)ccc1OCc1ccc(F)cc1. The quantitative estimate of drug-likeness (QED) is 0.761. The van der Waals surface area contributed by atoms with Gasteiger partial charge in [0.1, 0.15) is 18.2 Å². The van der Waals surface area contributed by atoms with Crippen LogP contribution < -0.4 is 9.47 Å². The number of carbonyl (C=O) groups excluding carboxylic acids is 1. The lowest BCUT2D eigenvalue weighted by molar-refractivity contribution is -0.114. The topological polar surface area (TPSA) is 84.2 Å². The molecule has 0 radical (unpaired) electrons. The standard InChI is InChI=1S/C22H18FN3O4/c1-13-9-20-25-22(27)17(21(24)26(20)30-13)10-15-5-8-18(19(11-15)28-2)29-12-14-3-6-16(23)7-4-14/h3-11,24H,12H2,1-2H3/b17-10+,24-21?. The number of fused-ring (bicyclic) bond motifs is 1. The highest BCUT2D eigenvalue weighted by Gasteiger charge is 2.34. The molecular weight excluding hydrogens is 389 g/mol. The third-order valence-electron chi connectivity index (χ3n) is 4.49. The van der Waals surface area contributed by atoms with Crippen molar-refractivity contribution in [2.75, 3.05) is 7.11 Å². The van der Waals surface area contributed by atoms with Crippen molar-refractivity contribution in [3.63, 3.8) is 0 Å². The zero-order chi connectivity index (χ0) is 21.3. The number of amidine groups is 2. The van der Waals surface area contributed by atoms with Crippen molar-refractivity contribution in [3.05, 3.63) is 76.8 Å². The highest BCUT2D eigenvalue weighted by Crippen LogP contribution is 2.31. The van der Waals surface area contributed by atoms with Crippen LogP contribution in [0.3, 0.4) is 0 Å². The number of halogens is 1. The van der Waals surface area contributed by atoms with Gasteiger partial charge in [-0.1, -0.05) is 18.2 Å². The zero-order valence-corrected chi connectivity index (χ0v) is 16.3. The Morgan fingerprint density at radius 2 is 1.97 bits per heavy atom. The molecule has 0 aliphatic carbocycles. The first-order chi connectivity index (χ1) is 14.4. The highest BCUT2D eigenvalue weighted by atomic mass is 19.1. The average molecular weight is 407 g/mol. The predicted octanol–water partition coefficient (Wildman–Crippen LogP) is 3.86. The van der Waals surface area contributed by atoms with Gasteiger partial charge in [-0.3, -0.25) is 10.2 Å². The summed E-state index contributed by atoms with van der Waals surface area (Å²) in [7, 11) is 1.51. The number of hydrogen-bond donors (Lipinski definition) is 1. The number of aliphatic imine (C=N–C) groups is 1. The normalized spacial score (nSPS) is 16.8. The summed E-state index contributed by atoms with van der Waals surface area (Å²) < 4.78 is 24.2. The fraction of sp³-hybridized carbons (Fsp3) is 0.136. The van der Waals surface area contributed by atoms with Gasteiger partial charge in [-0.15, -0.1) is 5.06 Å². The van der Waals surface area contributed by atoms with Crippen LogP contribution in [0.5, 0.6) is 11.5 Å². The second kappa shape index (κ2) is 7.82. The van der Waals surface area contributed by atoms with E-state index in [4.69, 9.17) is 19.7 Å². The van der Waals surface area contributed by atoms with Crippen LogP contribution in [0.1, 0.15) is 18.1 Å². The Morgan fingerprint density at radius 1 is 1.20 bits per heavy atom. The van der Waals surface area contributed by atoms with Crippen LogP contribution in [0, 0.1) is 11.2 Å². The van der Waals surface area contributed by atoms with Crippen LogP contribution in [0.15, 0.2) is 64.9 Å². The smallest absolute Gasteiger partial charge is 0.282 e. The second-order valence-electron chi connectivity index (χ2n) is 6.65. The minimum Gasteiger partial charge on any atom is -0.493 e. The van der Waals surface area contributed by atoms with E-state index in [1.807, 2.05) is 0 Å². The van der Waals surface area contributed by atoms with Gasteiger partial charge >= 0.3 is 0 Å². The van der Waals surface area contributed by atoms with Crippen molar-refractivity contribution in [2.45, 2.75) is 13.5 Å². The number of benzene rings is 2. The van der Waals surface area contributed by atoms with Gasteiger partial charge < -0.3 is 14.3 Å². The molecule has 2 aliphatic heterocycles. The Morgan fingerprint density at radius 3 is 2.70 bits per heavy atom. The number of methoxy groups -OCH3 is 1. The van der Waals surface area contributed by atoms with Gasteiger partial charge in [0.15, 0.2) is 23.2 Å². The summed E-state index contributed by atoms with van der Waals surface area (Å²) in [6.45, 7) is 1.97. The number of ether oxygens (including phenoxy) is 2. The van der Waals surface area contributed by atoms with Gasteiger partial charge in [0.05, 0.1) is 12.7 Å². The van der Waals surface area contributed by atoms with E-state index in [1.165, 1.54) is 24.3 Å². The molecule has 0 atom stereocenters. The molecule has 0 unspecified atom stereocenters. The number of nitrogens with one attached hydrogen (secondary N) is 1. The zero-order valence-electron chi connectivity index (χ0n) is 16.3. The largest absolute Gasteiger partial charge is 0.493 e. The molecule has 30 heavy (non-hydrogen) atoms. The van der Waals surface area contributed by atoms with E-state index in [2.05, 4.69) is 4.99 Å². The first-order valence-corrected chi connectivity index (χ1v) is 9.10. The van der Waals surface area contributed by atoms with E-state index in [0.29, 0.717) is 28.7 Å². The fourth-order valence-corrected chi connectivity index (χ4v) is 3.00. The van der Waals surface area contributed by atoms with E-state index >= 15 is 0 Å². The molecule has 0 aromatic heterocycles. The van der Waals surface area contributed by atoms with Crippen LogP contribution in [0.4, 0.5) is 4.39 Å². The van der Waals surface area contributed by atoms with Gasteiger partial charge in [-0.05, 0) is 48.4 Å². The Balaban J connectivity index is 1.55. The first kappa shape index (κ1) is 19.4. The molecule has 152 valence electrons. The predicted molar refractivity (Wildman–Crippen MR) is 109 cm³/mol. The summed E-state index contributed by atoms with van der Waals surface area (Å²) in [5.74, 6) is 0.888. The molecule has 0 spiro atoms. The molecule has 2 aromatic carbocycles. The minimum absolute atomic E-state index is 0.0892. The molecule has 2 aliphatic rings. The summed E-state index contributed by atoms with van der Waals surface area (Å²) in [6.07, 6.45) is 3.15. The van der Waals surface area contributed by atoms with Crippen LogP contribution >= 0.6 is 0 Å². The number of nitrogens with zero attached hydrogens (tertiary/aromatic N) is 2. The number of hydrogen-bond acceptors (Lipinski definition) is 5. The maximum atomic E-state index is 13.0. The van der Waals surface area contributed by atoms with Crippen molar-refractivity contribution < 1.29 is 23.5 Å². The van der Waals surface area contributed by atoms with Crippen molar-refractivity contribution >= 4 is 23.7 Å². The molecule has 2 heterocycles. The van der Waals surface area contributed by atoms with Crippen LogP contribution in [-0.4, -0.2) is 29.8 Å². The molecule has 8 heteroatoms. The molecule has 0 saturated heterocycles. The van der Waals surface area contributed by atoms with Gasteiger partial charge in [-0.2, -0.15) is 4.99 Å². The molecular formula is C22H18FN3O4. The number of carbonyl (C=O) groups is 1. The van der Waals surface area contributed by atoms with Crippen LogP contribution in [0.2, 0.25) is 0 Å². The minimum atomic E-state index is -0.517. The maximum Gasteiger partial charge on any atom is 0.282 e. The van der Waals surface area contributed by atoms with Crippen molar-refractivity contribution in [1.82, 2.24) is 5.06 Å². The molecule has 0 saturated carbocycles. The van der Waals surface area contributed by atoms with Crippen molar-refractivity contribution in [3.8, 4) is 11.5 Å². The number of hydroxylamine groups is 2. The summed E-state index contributed by atoms with van der Waals surface area (Å²) in [6, 6.07) is 11.2. The molecule has 1 amide bonds. The molecule has 0 fully saturated rings. The lowest BCUT2D eigenvalue weighted by Gasteiger charge is -2.23. The highest BCUT2D eigenvalue weighted by molar-refractivity contribution is 6.32. The van der Waals surface area contributed by atoms with Gasteiger partial charge in [-0.25, -0.2) is 4.39 Å². The van der Waals surface area contributed by atoms with Gasteiger partial charge in [0.25, 0.3) is 5.91 Å². The third-order valence-corrected chi connectivity index (χ3v) is 4.49. The lowest BCUT2D eigenvalue weighted by atomic mass is 10.1. The Hall–Kier alpha value is -3.94. The van der Waals surface area contributed by atoms with Crippen LogP contribution in [0.25, 0.3) is 6.08 Å². The van der Waals surface area contributed by atoms with Crippen molar-refractivity contribution in [2.24, 2.45) is 4.99 Å². The third kappa shape index (κ3) is 3.80. The van der Waals surface area contributed by atoms with E-state index < -0.39 is 5.91 Å². The average Bonchev–Trinajstić information content (AvgIpc) is 3.11.